The quantitative estimate of drug-likeness (QED) is 0.669. The van der Waals surface area contributed by atoms with Crippen molar-refractivity contribution in [3.05, 3.63) is 12.3 Å². The van der Waals surface area contributed by atoms with Gasteiger partial charge in [-0.2, -0.15) is 0 Å². The minimum absolute atomic E-state index is 0.184. The molecular formula is C24H46N4O. The molecule has 2 aliphatic heterocycles. The Morgan fingerprint density at radius 3 is 2.24 bits per heavy atom. The van der Waals surface area contributed by atoms with Gasteiger partial charge in [-0.15, -0.1) is 0 Å². The Bertz CT molecular complexity index is 548. The Balaban J connectivity index is 2.12. The van der Waals surface area contributed by atoms with Crippen LogP contribution in [0.3, 0.4) is 0 Å². The lowest BCUT2D eigenvalue weighted by atomic mass is 9.84. The predicted molar refractivity (Wildman–Crippen MR) is 123 cm³/mol. The van der Waals surface area contributed by atoms with Crippen molar-refractivity contribution >= 4 is 5.91 Å². The summed E-state index contributed by atoms with van der Waals surface area (Å²) < 4.78 is 0. The summed E-state index contributed by atoms with van der Waals surface area (Å²) in [6.45, 7) is 19.7. The van der Waals surface area contributed by atoms with Crippen LogP contribution in [0.2, 0.25) is 0 Å². The molecule has 1 amide bonds. The van der Waals surface area contributed by atoms with Gasteiger partial charge in [0.1, 0.15) is 6.04 Å². The first-order valence-corrected chi connectivity index (χ1v) is 11.7. The Morgan fingerprint density at radius 2 is 1.72 bits per heavy atom. The van der Waals surface area contributed by atoms with E-state index in [2.05, 4.69) is 63.4 Å². The Labute approximate surface area is 179 Å². The van der Waals surface area contributed by atoms with E-state index in [0.717, 1.165) is 38.3 Å². The van der Waals surface area contributed by atoms with Crippen molar-refractivity contribution in [2.24, 2.45) is 11.3 Å². The minimum Gasteiger partial charge on any atom is -0.376 e. The van der Waals surface area contributed by atoms with Crippen LogP contribution in [0.5, 0.6) is 0 Å². The highest BCUT2D eigenvalue weighted by Crippen LogP contribution is 2.27. The number of likely N-dealkylation sites (tertiary alicyclic amines) is 2. The maximum atomic E-state index is 13.7. The van der Waals surface area contributed by atoms with Gasteiger partial charge in [-0.1, -0.05) is 47.6 Å². The van der Waals surface area contributed by atoms with Crippen LogP contribution < -0.4 is 5.32 Å². The highest BCUT2D eigenvalue weighted by Gasteiger charge is 2.38. The molecule has 0 aromatic carbocycles. The number of hydrogen-bond acceptors (Lipinski definition) is 4. The molecule has 168 valence electrons. The predicted octanol–water partition coefficient (Wildman–Crippen LogP) is 3.57. The molecule has 0 aromatic rings. The number of amides is 1. The smallest absolute Gasteiger partial charge is 0.245 e. The molecule has 0 saturated carbocycles. The van der Waals surface area contributed by atoms with E-state index in [1.165, 1.54) is 25.7 Å². The lowest BCUT2D eigenvalue weighted by Crippen LogP contribution is -2.58. The summed E-state index contributed by atoms with van der Waals surface area (Å²) in [6.07, 6.45) is 6.16. The van der Waals surface area contributed by atoms with Gasteiger partial charge in [-0.25, -0.2) is 0 Å². The van der Waals surface area contributed by atoms with Gasteiger partial charge in [0.2, 0.25) is 5.91 Å². The first-order chi connectivity index (χ1) is 13.5. The van der Waals surface area contributed by atoms with Crippen LogP contribution in [-0.2, 0) is 4.79 Å². The molecule has 5 nitrogen and oxygen atoms in total. The summed E-state index contributed by atoms with van der Waals surface area (Å²) in [5.41, 5.74) is 0.811. The molecule has 1 N–H and O–H groups in total. The standard InChI is InChI=1S/C24H46N4O/c1-18(2)21(17-28-15-11-12-16-28)27(8)23(29)22(24(4,5)6)25-19(3)20-13-9-10-14-26(20)7/h18,20-22,25H,3,9-17H2,1-2,4-8H3. The average Bonchev–Trinajstić information content (AvgIpc) is 3.15. The molecule has 0 radical (unpaired) electrons. The third-order valence-electron chi connectivity index (χ3n) is 6.87. The van der Waals surface area contributed by atoms with E-state index >= 15 is 0 Å². The summed E-state index contributed by atoms with van der Waals surface area (Å²) >= 11 is 0. The van der Waals surface area contributed by atoms with Gasteiger partial charge in [0.25, 0.3) is 0 Å². The van der Waals surface area contributed by atoms with Crippen molar-refractivity contribution < 1.29 is 4.79 Å². The van der Waals surface area contributed by atoms with E-state index in [1.54, 1.807) is 0 Å². The number of likely N-dealkylation sites (N-methyl/N-ethyl adjacent to an activating group) is 2. The molecule has 0 spiro atoms. The van der Waals surface area contributed by atoms with Crippen molar-refractivity contribution in [1.82, 2.24) is 20.0 Å². The zero-order chi connectivity index (χ0) is 21.8. The second kappa shape index (κ2) is 10.3. The molecule has 0 aliphatic carbocycles. The van der Waals surface area contributed by atoms with Gasteiger partial charge in [0.15, 0.2) is 0 Å². The summed E-state index contributed by atoms with van der Waals surface area (Å²) in [7, 11) is 4.17. The van der Waals surface area contributed by atoms with Crippen LogP contribution in [0.15, 0.2) is 12.3 Å². The Kier molecular flexibility index (Phi) is 8.59. The highest BCUT2D eigenvalue weighted by molar-refractivity contribution is 5.83. The topological polar surface area (TPSA) is 38.8 Å². The highest BCUT2D eigenvalue weighted by atomic mass is 16.2. The second-order valence-electron chi connectivity index (χ2n) is 10.7. The van der Waals surface area contributed by atoms with Crippen LogP contribution >= 0.6 is 0 Å². The number of carbonyl (C=O) groups excluding carboxylic acids is 1. The molecule has 2 fully saturated rings. The Morgan fingerprint density at radius 1 is 1.14 bits per heavy atom. The lowest BCUT2D eigenvalue weighted by Gasteiger charge is -2.42. The molecule has 2 rings (SSSR count). The fourth-order valence-electron chi connectivity index (χ4n) is 4.82. The number of hydrogen-bond donors (Lipinski definition) is 1. The van der Waals surface area contributed by atoms with Crippen LogP contribution in [-0.4, -0.2) is 79.0 Å². The molecular weight excluding hydrogens is 360 g/mol. The molecule has 0 aromatic heterocycles. The Hall–Kier alpha value is -1.07. The molecule has 0 bridgehead atoms. The van der Waals surface area contributed by atoms with E-state index in [0.29, 0.717) is 12.0 Å². The molecule has 3 atom stereocenters. The van der Waals surface area contributed by atoms with Crippen LogP contribution in [0.25, 0.3) is 0 Å². The zero-order valence-corrected chi connectivity index (χ0v) is 20.1. The summed E-state index contributed by atoms with van der Waals surface area (Å²) in [5.74, 6) is 0.618. The largest absolute Gasteiger partial charge is 0.376 e. The van der Waals surface area contributed by atoms with Gasteiger partial charge < -0.3 is 15.1 Å². The SMILES string of the molecule is C=C(NC(C(=O)N(C)C(CN1CCCC1)C(C)C)C(C)(C)C)C1CCCCN1C. The maximum absolute atomic E-state index is 13.7. The molecule has 2 saturated heterocycles. The third kappa shape index (κ3) is 6.45. The summed E-state index contributed by atoms with van der Waals surface area (Å²) in [4.78, 5) is 20.6. The zero-order valence-electron chi connectivity index (χ0n) is 20.1. The number of rotatable bonds is 8. The van der Waals surface area contributed by atoms with Crippen molar-refractivity contribution in [2.75, 3.05) is 40.3 Å². The normalized spacial score (nSPS) is 23.8. The maximum Gasteiger partial charge on any atom is 0.245 e. The molecule has 3 unspecified atom stereocenters. The molecule has 2 aliphatic rings. The fraction of sp³-hybridized carbons (Fsp3) is 0.875. The van der Waals surface area contributed by atoms with E-state index in [4.69, 9.17) is 0 Å². The van der Waals surface area contributed by atoms with Gasteiger partial charge in [-0.3, -0.25) is 9.69 Å². The third-order valence-corrected chi connectivity index (χ3v) is 6.87. The van der Waals surface area contributed by atoms with Gasteiger partial charge in [0, 0.05) is 31.4 Å². The lowest BCUT2D eigenvalue weighted by molar-refractivity contribution is -0.138. The van der Waals surface area contributed by atoms with E-state index in [1.807, 2.05) is 11.9 Å². The van der Waals surface area contributed by atoms with Crippen molar-refractivity contribution in [3.8, 4) is 0 Å². The van der Waals surface area contributed by atoms with Gasteiger partial charge >= 0.3 is 0 Å². The van der Waals surface area contributed by atoms with E-state index in [9.17, 15) is 4.79 Å². The van der Waals surface area contributed by atoms with Gasteiger partial charge in [-0.05, 0) is 63.7 Å². The van der Waals surface area contributed by atoms with E-state index < -0.39 is 0 Å². The van der Waals surface area contributed by atoms with Crippen molar-refractivity contribution in [3.63, 3.8) is 0 Å². The second-order valence-corrected chi connectivity index (χ2v) is 10.7. The first-order valence-electron chi connectivity index (χ1n) is 11.7. The van der Waals surface area contributed by atoms with E-state index in [-0.39, 0.29) is 23.4 Å². The van der Waals surface area contributed by atoms with Crippen LogP contribution in [0.4, 0.5) is 0 Å². The van der Waals surface area contributed by atoms with Crippen molar-refractivity contribution in [1.29, 1.82) is 0 Å². The molecule has 5 heteroatoms. The number of carbonyl (C=O) groups is 1. The van der Waals surface area contributed by atoms with Crippen LogP contribution in [0, 0.1) is 11.3 Å². The monoisotopic (exact) mass is 406 g/mol. The summed E-state index contributed by atoms with van der Waals surface area (Å²) in [6, 6.07) is 0.283. The van der Waals surface area contributed by atoms with Gasteiger partial charge in [0.05, 0.1) is 0 Å². The number of piperidine rings is 1. The molecule has 2 heterocycles. The summed E-state index contributed by atoms with van der Waals surface area (Å²) in [5, 5.41) is 3.58. The fourth-order valence-corrected chi connectivity index (χ4v) is 4.82. The number of nitrogens with one attached hydrogen (secondary N) is 1. The molecule has 29 heavy (non-hydrogen) atoms. The number of nitrogens with zero attached hydrogens (tertiary/aromatic N) is 3. The van der Waals surface area contributed by atoms with Crippen LogP contribution in [0.1, 0.15) is 66.7 Å². The van der Waals surface area contributed by atoms with Crippen molar-refractivity contribution in [2.45, 2.75) is 84.8 Å². The average molecular weight is 407 g/mol. The minimum atomic E-state index is -0.268. The first kappa shape index (κ1) is 24.2.